The normalized spacial score (nSPS) is 9.68. The zero-order valence-corrected chi connectivity index (χ0v) is 12.9. The minimum atomic E-state index is -0.355. The number of hydrogen-bond donors (Lipinski definition) is 2. The van der Waals surface area contributed by atoms with Gasteiger partial charge < -0.3 is 9.73 Å². The fraction of sp³-hybridized carbons (Fsp3) is 0. The predicted octanol–water partition coefficient (Wildman–Crippen LogP) is 3.50. The minimum absolute atomic E-state index is 0.223. The van der Waals surface area contributed by atoms with Gasteiger partial charge in [0.2, 0.25) is 5.71 Å². The van der Waals surface area contributed by atoms with Crippen molar-refractivity contribution in [1.29, 1.82) is 10.5 Å². The molecule has 2 N–H and O–H groups in total. The van der Waals surface area contributed by atoms with E-state index in [4.69, 9.17) is 14.9 Å². The summed E-state index contributed by atoms with van der Waals surface area (Å²) in [6, 6.07) is 19.0. The molecule has 120 valence electrons. The summed E-state index contributed by atoms with van der Waals surface area (Å²) in [5.41, 5.74) is 4.11. The van der Waals surface area contributed by atoms with Gasteiger partial charge in [-0.3, -0.25) is 10.2 Å². The highest BCUT2D eigenvalue weighted by Crippen LogP contribution is 2.20. The molecule has 0 saturated carbocycles. The van der Waals surface area contributed by atoms with Crippen LogP contribution in [0.25, 0.3) is 11.0 Å². The number of amides is 1. The Morgan fingerprint density at radius 3 is 2.36 bits per heavy atom. The van der Waals surface area contributed by atoms with Gasteiger partial charge in [-0.05, 0) is 36.4 Å². The van der Waals surface area contributed by atoms with E-state index in [2.05, 4.69) is 15.8 Å². The number of fused-ring (bicyclic) bond motifs is 1. The summed E-state index contributed by atoms with van der Waals surface area (Å²) in [5.74, 6) is -0.133. The Bertz CT molecular complexity index is 987. The highest BCUT2D eigenvalue weighted by Gasteiger charge is 2.12. The van der Waals surface area contributed by atoms with Gasteiger partial charge in [0.1, 0.15) is 17.7 Å². The van der Waals surface area contributed by atoms with E-state index in [-0.39, 0.29) is 17.4 Å². The van der Waals surface area contributed by atoms with Gasteiger partial charge in [0, 0.05) is 11.1 Å². The first-order chi connectivity index (χ1) is 12.2. The van der Waals surface area contributed by atoms with Gasteiger partial charge in [-0.15, -0.1) is 0 Å². The molecule has 0 saturated heterocycles. The zero-order chi connectivity index (χ0) is 17.6. The Morgan fingerprint density at radius 2 is 1.68 bits per heavy atom. The molecule has 1 aromatic heterocycles. The molecule has 25 heavy (non-hydrogen) atoms. The number of nitrogens with one attached hydrogen (secondary N) is 2. The Balaban J connectivity index is 1.69. The molecule has 2 aromatic carbocycles. The number of furan rings is 1. The lowest BCUT2D eigenvalue weighted by atomic mass is 10.2. The number of nitriles is 2. The number of nitrogens with zero attached hydrogens (tertiary/aromatic N) is 3. The molecular formula is C18H11N5O2. The third-order valence-electron chi connectivity index (χ3n) is 3.30. The van der Waals surface area contributed by atoms with Gasteiger partial charge in [0.05, 0.1) is 5.69 Å². The lowest BCUT2D eigenvalue weighted by Crippen LogP contribution is -2.10. The predicted molar refractivity (Wildman–Crippen MR) is 92.9 cm³/mol. The van der Waals surface area contributed by atoms with Crippen molar-refractivity contribution >= 4 is 34.0 Å². The Hall–Kier alpha value is -4.10. The van der Waals surface area contributed by atoms with Crippen molar-refractivity contribution in [3.8, 4) is 12.1 Å². The van der Waals surface area contributed by atoms with Crippen LogP contribution in [0.5, 0.6) is 0 Å². The summed E-state index contributed by atoms with van der Waals surface area (Å²) in [4.78, 5) is 12.2. The first-order valence-electron chi connectivity index (χ1n) is 7.23. The van der Waals surface area contributed by atoms with E-state index in [9.17, 15) is 4.79 Å². The molecule has 0 unspecified atom stereocenters. The highest BCUT2D eigenvalue weighted by atomic mass is 16.3. The molecule has 7 heteroatoms. The molecule has 0 atom stereocenters. The van der Waals surface area contributed by atoms with Gasteiger partial charge >= 0.3 is 0 Å². The number of carbonyl (C=O) groups is 1. The quantitative estimate of drug-likeness (QED) is 0.561. The average Bonchev–Trinajstić information content (AvgIpc) is 3.08. The summed E-state index contributed by atoms with van der Waals surface area (Å²) >= 11 is 0. The van der Waals surface area contributed by atoms with Crippen LogP contribution in [0.3, 0.4) is 0 Å². The van der Waals surface area contributed by atoms with Gasteiger partial charge in [0.15, 0.2) is 5.76 Å². The van der Waals surface area contributed by atoms with Gasteiger partial charge in [-0.1, -0.05) is 18.2 Å². The fourth-order valence-electron chi connectivity index (χ4n) is 2.11. The SMILES string of the molecule is N#CC(C#N)=NNc1ccc(NC(=O)c2cc3ccccc3o2)cc1. The Morgan fingerprint density at radius 1 is 1.00 bits per heavy atom. The number of para-hydroxylation sites is 1. The van der Waals surface area contributed by atoms with Crippen LogP contribution in [0, 0.1) is 22.7 Å². The lowest BCUT2D eigenvalue weighted by Gasteiger charge is -2.04. The highest BCUT2D eigenvalue weighted by molar-refractivity contribution is 6.10. The van der Waals surface area contributed by atoms with Crippen molar-refractivity contribution in [3.05, 3.63) is 60.4 Å². The van der Waals surface area contributed by atoms with Crippen LogP contribution in [0.15, 0.2) is 64.1 Å². The Kier molecular flexibility index (Phi) is 4.41. The van der Waals surface area contributed by atoms with E-state index in [0.717, 1.165) is 5.39 Å². The van der Waals surface area contributed by atoms with Crippen molar-refractivity contribution in [3.63, 3.8) is 0 Å². The molecule has 0 aliphatic rings. The minimum Gasteiger partial charge on any atom is -0.451 e. The third kappa shape index (κ3) is 3.63. The number of hydrogen-bond acceptors (Lipinski definition) is 6. The molecule has 0 fully saturated rings. The standard InChI is InChI=1S/C18H11N5O2/c19-10-15(11-20)23-22-14-7-5-13(6-8-14)21-18(24)17-9-12-3-1-2-4-16(12)25-17/h1-9,22H,(H,21,24). The zero-order valence-electron chi connectivity index (χ0n) is 12.9. The molecular weight excluding hydrogens is 318 g/mol. The maximum atomic E-state index is 12.2. The summed E-state index contributed by atoms with van der Waals surface area (Å²) in [6.45, 7) is 0. The summed E-state index contributed by atoms with van der Waals surface area (Å²) in [7, 11) is 0. The monoisotopic (exact) mass is 329 g/mol. The third-order valence-corrected chi connectivity index (χ3v) is 3.30. The van der Waals surface area contributed by atoms with Crippen LogP contribution in [-0.4, -0.2) is 11.6 Å². The molecule has 3 rings (SSSR count). The molecule has 0 bridgehead atoms. The molecule has 0 aliphatic heterocycles. The lowest BCUT2D eigenvalue weighted by molar-refractivity contribution is 0.0998. The second kappa shape index (κ2) is 6.99. The van der Waals surface area contributed by atoms with Crippen molar-refractivity contribution in [1.82, 2.24) is 0 Å². The molecule has 0 aliphatic carbocycles. The summed E-state index contributed by atoms with van der Waals surface area (Å²) in [6.07, 6.45) is 0. The average molecular weight is 329 g/mol. The van der Waals surface area contributed by atoms with Crippen LogP contribution in [0.2, 0.25) is 0 Å². The second-order valence-corrected chi connectivity index (χ2v) is 4.98. The number of hydrazone groups is 1. The van der Waals surface area contributed by atoms with Crippen molar-refractivity contribution < 1.29 is 9.21 Å². The van der Waals surface area contributed by atoms with Gasteiger partial charge in [-0.25, -0.2) is 0 Å². The number of benzene rings is 2. The molecule has 0 spiro atoms. The maximum absolute atomic E-state index is 12.2. The number of carbonyl (C=O) groups excluding carboxylic acids is 1. The van der Waals surface area contributed by atoms with E-state index in [1.54, 1.807) is 48.5 Å². The maximum Gasteiger partial charge on any atom is 0.291 e. The summed E-state index contributed by atoms with van der Waals surface area (Å²) < 4.78 is 5.51. The van der Waals surface area contributed by atoms with E-state index < -0.39 is 0 Å². The van der Waals surface area contributed by atoms with Crippen molar-refractivity contribution in [2.24, 2.45) is 5.10 Å². The van der Waals surface area contributed by atoms with Crippen LogP contribution in [0.4, 0.5) is 11.4 Å². The smallest absolute Gasteiger partial charge is 0.291 e. The first kappa shape index (κ1) is 15.8. The largest absolute Gasteiger partial charge is 0.451 e. The van der Waals surface area contributed by atoms with Crippen molar-refractivity contribution in [2.75, 3.05) is 10.7 Å². The van der Waals surface area contributed by atoms with E-state index in [1.807, 2.05) is 18.2 Å². The first-order valence-corrected chi connectivity index (χ1v) is 7.23. The Labute approximate surface area is 142 Å². The van der Waals surface area contributed by atoms with Crippen LogP contribution in [0.1, 0.15) is 10.6 Å². The van der Waals surface area contributed by atoms with Crippen LogP contribution >= 0.6 is 0 Å². The van der Waals surface area contributed by atoms with E-state index in [1.165, 1.54) is 0 Å². The van der Waals surface area contributed by atoms with Crippen LogP contribution < -0.4 is 10.7 Å². The van der Waals surface area contributed by atoms with Gasteiger partial charge in [-0.2, -0.15) is 15.6 Å². The van der Waals surface area contributed by atoms with Crippen molar-refractivity contribution in [2.45, 2.75) is 0 Å². The number of anilines is 2. The second-order valence-electron chi connectivity index (χ2n) is 4.98. The van der Waals surface area contributed by atoms with E-state index in [0.29, 0.717) is 17.0 Å². The summed E-state index contributed by atoms with van der Waals surface area (Å²) in [5, 5.41) is 24.4. The van der Waals surface area contributed by atoms with Gasteiger partial charge in [0.25, 0.3) is 5.91 Å². The number of rotatable bonds is 4. The molecule has 3 aromatic rings. The topological polar surface area (TPSA) is 114 Å². The fourth-order valence-corrected chi connectivity index (χ4v) is 2.11. The molecule has 7 nitrogen and oxygen atoms in total. The van der Waals surface area contributed by atoms with E-state index >= 15 is 0 Å². The molecule has 0 radical (unpaired) electrons. The molecule has 1 heterocycles. The molecule has 1 amide bonds. The van der Waals surface area contributed by atoms with Crippen LogP contribution in [-0.2, 0) is 0 Å².